The van der Waals surface area contributed by atoms with Crippen molar-refractivity contribution in [2.45, 2.75) is 25.8 Å². The van der Waals surface area contributed by atoms with E-state index in [4.69, 9.17) is 14.2 Å². The molecule has 0 aliphatic carbocycles. The summed E-state index contributed by atoms with van der Waals surface area (Å²) in [4.78, 5) is 26.5. The fourth-order valence-electron chi connectivity index (χ4n) is 3.11. The van der Waals surface area contributed by atoms with Gasteiger partial charge in [0.15, 0.2) is 11.5 Å². The molecule has 30 heavy (non-hydrogen) atoms. The van der Waals surface area contributed by atoms with Crippen LogP contribution in [-0.2, 0) is 17.8 Å². The Labute approximate surface area is 175 Å². The van der Waals surface area contributed by atoms with Crippen LogP contribution in [0.4, 0.5) is 0 Å². The average molecular weight is 417 g/mol. The highest BCUT2D eigenvalue weighted by Crippen LogP contribution is 2.38. The summed E-state index contributed by atoms with van der Waals surface area (Å²) in [5.41, 5.74) is 1.15. The Bertz CT molecular complexity index is 872. The first-order valence-corrected chi connectivity index (χ1v) is 9.81. The summed E-state index contributed by atoms with van der Waals surface area (Å²) in [5, 5.41) is 11.0. The smallest absolute Gasteiger partial charge is 0.251 e. The number of rotatable bonds is 2. The highest BCUT2D eigenvalue weighted by Gasteiger charge is 2.18. The number of aromatic nitrogens is 3. The quantitative estimate of drug-likeness (QED) is 0.773. The van der Waals surface area contributed by atoms with Gasteiger partial charge in [-0.3, -0.25) is 14.3 Å². The first kappa shape index (κ1) is 21.4. The molecule has 2 amide bonds. The van der Waals surface area contributed by atoms with E-state index in [-0.39, 0.29) is 11.8 Å². The number of methoxy groups -OCH3 is 2. The van der Waals surface area contributed by atoms with E-state index in [0.717, 1.165) is 5.69 Å². The van der Waals surface area contributed by atoms with Gasteiger partial charge in [0.2, 0.25) is 11.7 Å². The number of fused-ring (bicyclic) bond motifs is 12. The maximum atomic E-state index is 12.6. The molecule has 1 aromatic heterocycles. The van der Waals surface area contributed by atoms with Crippen molar-refractivity contribution in [1.29, 1.82) is 0 Å². The predicted molar refractivity (Wildman–Crippen MR) is 108 cm³/mol. The van der Waals surface area contributed by atoms with Crippen LogP contribution in [0.5, 0.6) is 17.2 Å². The van der Waals surface area contributed by atoms with Crippen LogP contribution >= 0.6 is 0 Å². The van der Waals surface area contributed by atoms with Crippen molar-refractivity contribution < 1.29 is 23.8 Å². The van der Waals surface area contributed by atoms with Gasteiger partial charge in [-0.2, -0.15) is 0 Å². The molecule has 162 valence electrons. The van der Waals surface area contributed by atoms with E-state index < -0.39 is 0 Å². The summed E-state index contributed by atoms with van der Waals surface area (Å²) in [7, 11) is 4.73. The fraction of sp³-hybridized carbons (Fsp3) is 0.500. The molecule has 0 radical (unpaired) electrons. The van der Waals surface area contributed by atoms with E-state index in [2.05, 4.69) is 15.6 Å². The molecule has 2 aliphatic heterocycles. The molecule has 0 unspecified atom stereocenters. The van der Waals surface area contributed by atoms with Gasteiger partial charge in [-0.25, -0.2) is 0 Å². The van der Waals surface area contributed by atoms with E-state index >= 15 is 0 Å². The number of nitrogens with zero attached hydrogens (tertiary/aromatic N) is 4. The summed E-state index contributed by atoms with van der Waals surface area (Å²) in [6, 6.07) is 3.22. The van der Waals surface area contributed by atoms with Crippen LogP contribution in [0.1, 0.15) is 28.9 Å². The number of likely N-dealkylation sites (N-methyl/N-ethyl adjacent to an activating group) is 1. The highest BCUT2D eigenvalue weighted by molar-refractivity contribution is 5.95. The largest absolute Gasteiger partial charge is 0.493 e. The van der Waals surface area contributed by atoms with Gasteiger partial charge in [0.25, 0.3) is 5.91 Å². The lowest BCUT2D eigenvalue weighted by Crippen LogP contribution is -2.36. The summed E-state index contributed by atoms with van der Waals surface area (Å²) in [6.45, 7) is 1.73. The maximum absolute atomic E-state index is 12.6. The van der Waals surface area contributed by atoms with Gasteiger partial charge in [-0.05, 0) is 12.1 Å². The zero-order valence-corrected chi connectivity index (χ0v) is 17.5. The molecular weight excluding hydrogens is 390 g/mol. The van der Waals surface area contributed by atoms with Crippen LogP contribution < -0.4 is 19.5 Å². The Balaban J connectivity index is 1.83. The molecule has 1 aromatic carbocycles. The molecule has 3 heterocycles. The lowest BCUT2D eigenvalue weighted by atomic mass is 10.1. The van der Waals surface area contributed by atoms with Crippen molar-refractivity contribution in [1.82, 2.24) is 25.2 Å². The van der Waals surface area contributed by atoms with Crippen molar-refractivity contribution in [2.75, 3.05) is 41.0 Å². The Morgan fingerprint density at radius 3 is 2.53 bits per heavy atom. The summed E-state index contributed by atoms with van der Waals surface area (Å²) in [5.74, 6) is 0.963. The van der Waals surface area contributed by atoms with Crippen molar-refractivity contribution in [3.05, 3.63) is 29.6 Å². The molecule has 10 nitrogen and oxygen atoms in total. The molecule has 2 aliphatic rings. The van der Waals surface area contributed by atoms with Gasteiger partial charge in [-0.15, -0.1) is 5.10 Å². The zero-order chi connectivity index (χ0) is 21.5. The second-order valence-corrected chi connectivity index (χ2v) is 6.96. The number of carbonyl (C=O) groups excluding carboxylic acids is 2. The maximum Gasteiger partial charge on any atom is 0.251 e. The third kappa shape index (κ3) is 5.19. The first-order chi connectivity index (χ1) is 14.5. The van der Waals surface area contributed by atoms with E-state index in [1.807, 2.05) is 6.20 Å². The number of aryl methyl sites for hydroxylation is 2. The molecule has 4 rings (SSSR count). The molecule has 4 bridgehead atoms. The number of hydrogen-bond acceptors (Lipinski definition) is 7. The van der Waals surface area contributed by atoms with Gasteiger partial charge >= 0.3 is 0 Å². The number of ether oxygens (including phenoxy) is 3. The Hall–Kier alpha value is -3.30. The van der Waals surface area contributed by atoms with Crippen LogP contribution in [0.3, 0.4) is 0 Å². The lowest BCUT2D eigenvalue weighted by Gasteiger charge is -2.18. The molecule has 1 N–H and O–H groups in total. The van der Waals surface area contributed by atoms with Gasteiger partial charge in [0.1, 0.15) is 0 Å². The minimum Gasteiger partial charge on any atom is -0.493 e. The minimum absolute atomic E-state index is 0.0159. The van der Waals surface area contributed by atoms with Gasteiger partial charge in [0.05, 0.1) is 26.5 Å². The SMILES string of the molecule is COc1cc2cc(OC)c1OCCCn1cc(nn1)CCC(=O)N(C)CCNC2=O. The fourth-order valence-corrected chi connectivity index (χ4v) is 3.11. The highest BCUT2D eigenvalue weighted by atomic mass is 16.5. The van der Waals surface area contributed by atoms with Crippen molar-refractivity contribution in [3.8, 4) is 17.2 Å². The molecule has 0 saturated carbocycles. The van der Waals surface area contributed by atoms with Crippen LogP contribution in [0.15, 0.2) is 18.3 Å². The topological polar surface area (TPSA) is 108 Å². The number of hydrogen-bond donors (Lipinski definition) is 1. The van der Waals surface area contributed by atoms with E-state index in [1.54, 1.807) is 28.8 Å². The summed E-state index contributed by atoms with van der Waals surface area (Å²) >= 11 is 0. The monoisotopic (exact) mass is 417 g/mol. The van der Waals surface area contributed by atoms with Crippen LogP contribution in [0, 0.1) is 0 Å². The Morgan fingerprint density at radius 1 is 1.10 bits per heavy atom. The lowest BCUT2D eigenvalue weighted by molar-refractivity contribution is -0.129. The molecule has 0 atom stereocenters. The van der Waals surface area contributed by atoms with Gasteiger partial charge in [0, 0.05) is 57.7 Å². The summed E-state index contributed by atoms with van der Waals surface area (Å²) < 4.78 is 18.5. The number of carbonyl (C=O) groups is 2. The zero-order valence-electron chi connectivity index (χ0n) is 17.5. The predicted octanol–water partition coefficient (Wildman–Crippen LogP) is 0.899. The molecule has 0 fully saturated rings. The average Bonchev–Trinajstić information content (AvgIpc) is 3.21. The van der Waals surface area contributed by atoms with Crippen molar-refractivity contribution in [2.24, 2.45) is 0 Å². The standard InChI is InChI=1S/C20H27N5O5/c1-24-9-7-21-20(27)14-11-16(28-2)19(17(12-14)29-3)30-10-4-8-25-13-15(22-23-25)5-6-18(24)26/h11-13H,4-10H2,1-3H3,(H,21,27). The number of amides is 2. The second kappa shape index (κ2) is 9.95. The van der Waals surface area contributed by atoms with Crippen molar-refractivity contribution in [3.63, 3.8) is 0 Å². The van der Waals surface area contributed by atoms with Gasteiger partial charge in [-0.1, -0.05) is 5.21 Å². The van der Waals surface area contributed by atoms with Crippen molar-refractivity contribution >= 4 is 11.8 Å². The summed E-state index contributed by atoms with van der Waals surface area (Å²) in [6.07, 6.45) is 3.38. The van der Waals surface area contributed by atoms with Gasteiger partial charge < -0.3 is 24.4 Å². The molecule has 10 heteroatoms. The molecular formula is C20H27N5O5. The second-order valence-electron chi connectivity index (χ2n) is 6.96. The number of benzene rings is 1. The van der Waals surface area contributed by atoms with Crippen LogP contribution in [-0.4, -0.2) is 72.7 Å². The Morgan fingerprint density at radius 2 is 1.83 bits per heavy atom. The minimum atomic E-state index is -0.285. The molecule has 0 saturated heterocycles. The third-order valence-corrected chi connectivity index (χ3v) is 4.84. The third-order valence-electron chi connectivity index (χ3n) is 4.84. The van der Waals surface area contributed by atoms with E-state index in [9.17, 15) is 9.59 Å². The molecule has 2 aromatic rings. The van der Waals surface area contributed by atoms with Crippen LogP contribution in [0.2, 0.25) is 0 Å². The van der Waals surface area contributed by atoms with E-state index in [1.165, 1.54) is 14.2 Å². The number of nitrogens with one attached hydrogen (secondary N) is 1. The van der Waals surface area contributed by atoms with E-state index in [0.29, 0.717) is 68.3 Å². The van der Waals surface area contributed by atoms with Crippen LogP contribution in [0.25, 0.3) is 0 Å². The first-order valence-electron chi connectivity index (χ1n) is 9.81. The normalized spacial score (nSPS) is 16.2. The molecule has 0 spiro atoms. The Kier molecular flexibility index (Phi) is 7.10.